The van der Waals surface area contributed by atoms with Crippen molar-refractivity contribution in [2.75, 3.05) is 19.7 Å². The Labute approximate surface area is 179 Å². The molecule has 0 saturated carbocycles. The maximum atomic E-state index is 11.7. The van der Waals surface area contributed by atoms with Crippen LogP contribution in [0.2, 0.25) is 0 Å². The van der Waals surface area contributed by atoms with Crippen molar-refractivity contribution in [1.82, 2.24) is 9.47 Å². The van der Waals surface area contributed by atoms with Crippen LogP contribution in [0.1, 0.15) is 12.0 Å². The van der Waals surface area contributed by atoms with Gasteiger partial charge in [-0.1, -0.05) is 30.3 Å². The van der Waals surface area contributed by atoms with Gasteiger partial charge in [0.05, 0.1) is 11.6 Å². The number of nitrogens with two attached hydrogens (primary N) is 1. The molecule has 0 bridgehead atoms. The van der Waals surface area contributed by atoms with Gasteiger partial charge in [-0.15, -0.1) is 0 Å². The van der Waals surface area contributed by atoms with Crippen molar-refractivity contribution in [3.05, 3.63) is 58.6 Å². The Hall–Kier alpha value is -3.41. The van der Waals surface area contributed by atoms with Gasteiger partial charge in [0.15, 0.2) is 5.58 Å². The summed E-state index contributed by atoms with van der Waals surface area (Å²) in [4.78, 5) is 25.2. The average molecular weight is 420 g/mol. The average Bonchev–Trinajstić information content (AvgIpc) is 2.94. The normalized spacial score (nSPS) is 18.4. The SMILES string of the molecule is Cn1c(=O)oc2ccc(-c3ccc(C[C@@H](C#N)N4CCCOC(C(N)=O)C4)cc3)cc21. The Bertz CT molecular complexity index is 1190. The van der Waals surface area contributed by atoms with Gasteiger partial charge in [0.25, 0.3) is 0 Å². The number of aryl methyl sites for hydroxylation is 1. The van der Waals surface area contributed by atoms with E-state index in [4.69, 9.17) is 14.9 Å². The summed E-state index contributed by atoms with van der Waals surface area (Å²) in [6.07, 6.45) is 0.603. The Kier molecular flexibility index (Phi) is 5.89. The number of hydrogen-bond acceptors (Lipinski definition) is 6. The van der Waals surface area contributed by atoms with Crippen molar-refractivity contribution in [3.63, 3.8) is 0 Å². The van der Waals surface area contributed by atoms with E-state index in [0.29, 0.717) is 31.7 Å². The molecule has 8 heteroatoms. The lowest BCUT2D eigenvalue weighted by Crippen LogP contribution is -2.44. The summed E-state index contributed by atoms with van der Waals surface area (Å²) in [5.41, 5.74) is 9.71. The Balaban J connectivity index is 1.51. The van der Waals surface area contributed by atoms with Crippen LogP contribution in [0.4, 0.5) is 0 Å². The molecule has 0 radical (unpaired) electrons. The lowest BCUT2D eigenvalue weighted by molar-refractivity contribution is -0.129. The quantitative estimate of drug-likeness (QED) is 0.673. The van der Waals surface area contributed by atoms with E-state index >= 15 is 0 Å². The minimum atomic E-state index is -0.686. The fourth-order valence-electron chi connectivity index (χ4n) is 3.92. The first-order chi connectivity index (χ1) is 15.0. The molecule has 1 aliphatic heterocycles. The van der Waals surface area contributed by atoms with Crippen molar-refractivity contribution < 1.29 is 13.9 Å². The van der Waals surface area contributed by atoms with Crippen molar-refractivity contribution in [1.29, 1.82) is 5.26 Å². The number of oxazole rings is 1. The molecule has 2 atom stereocenters. The van der Waals surface area contributed by atoms with Crippen LogP contribution in [0.3, 0.4) is 0 Å². The summed E-state index contributed by atoms with van der Waals surface area (Å²) < 4.78 is 12.2. The second-order valence-corrected chi connectivity index (χ2v) is 7.77. The summed E-state index contributed by atoms with van der Waals surface area (Å²) in [6, 6.07) is 15.6. The highest BCUT2D eigenvalue weighted by molar-refractivity contribution is 5.80. The zero-order valence-electron chi connectivity index (χ0n) is 17.3. The van der Waals surface area contributed by atoms with Crippen molar-refractivity contribution in [2.45, 2.75) is 25.0 Å². The number of ether oxygens (including phenoxy) is 1. The van der Waals surface area contributed by atoms with Gasteiger partial charge in [0.2, 0.25) is 5.91 Å². The minimum Gasteiger partial charge on any atom is -0.408 e. The number of primary amides is 1. The molecule has 4 rings (SSSR count). The third kappa shape index (κ3) is 4.38. The maximum absolute atomic E-state index is 11.7. The van der Waals surface area contributed by atoms with Crippen molar-refractivity contribution >= 4 is 17.0 Å². The minimum absolute atomic E-state index is 0.328. The van der Waals surface area contributed by atoms with Crippen molar-refractivity contribution in [2.24, 2.45) is 12.8 Å². The number of fused-ring (bicyclic) bond motifs is 1. The molecule has 1 amide bonds. The number of carbonyl (C=O) groups excluding carboxylic acids is 1. The molecule has 3 aromatic rings. The van der Waals surface area contributed by atoms with Crippen LogP contribution in [0.15, 0.2) is 51.7 Å². The van der Waals surface area contributed by atoms with Gasteiger partial charge >= 0.3 is 5.76 Å². The smallest absolute Gasteiger partial charge is 0.408 e. The van der Waals surface area contributed by atoms with Gasteiger partial charge in [-0.2, -0.15) is 5.26 Å². The fraction of sp³-hybridized carbons (Fsp3) is 0.348. The van der Waals surface area contributed by atoms with E-state index in [9.17, 15) is 14.9 Å². The third-order valence-corrected chi connectivity index (χ3v) is 5.72. The highest BCUT2D eigenvalue weighted by Crippen LogP contribution is 2.25. The van der Waals surface area contributed by atoms with E-state index in [2.05, 4.69) is 6.07 Å². The first-order valence-corrected chi connectivity index (χ1v) is 10.2. The zero-order valence-corrected chi connectivity index (χ0v) is 17.3. The van der Waals surface area contributed by atoms with Gasteiger partial charge in [-0.25, -0.2) is 4.79 Å². The largest absolute Gasteiger partial charge is 0.419 e. The molecule has 31 heavy (non-hydrogen) atoms. The zero-order chi connectivity index (χ0) is 22.0. The Morgan fingerprint density at radius 2 is 2.00 bits per heavy atom. The van der Waals surface area contributed by atoms with E-state index in [1.165, 1.54) is 4.57 Å². The maximum Gasteiger partial charge on any atom is 0.419 e. The predicted octanol–water partition coefficient (Wildman–Crippen LogP) is 1.81. The second-order valence-electron chi connectivity index (χ2n) is 7.77. The van der Waals surface area contributed by atoms with E-state index < -0.39 is 12.0 Å². The first kappa shape index (κ1) is 20.8. The number of amides is 1. The molecule has 0 spiro atoms. The van der Waals surface area contributed by atoms with Crippen LogP contribution in [-0.2, 0) is 23.0 Å². The summed E-state index contributed by atoms with van der Waals surface area (Å²) in [5.74, 6) is -0.887. The summed E-state index contributed by atoms with van der Waals surface area (Å²) in [7, 11) is 1.68. The lowest BCUT2D eigenvalue weighted by Gasteiger charge is -2.27. The number of hydrogen-bond donors (Lipinski definition) is 1. The van der Waals surface area contributed by atoms with Gasteiger partial charge in [0.1, 0.15) is 12.1 Å². The Morgan fingerprint density at radius 1 is 1.26 bits per heavy atom. The third-order valence-electron chi connectivity index (χ3n) is 5.72. The summed E-state index contributed by atoms with van der Waals surface area (Å²) >= 11 is 0. The summed E-state index contributed by atoms with van der Waals surface area (Å²) in [5, 5.41) is 9.73. The van der Waals surface area contributed by atoms with Gasteiger partial charge < -0.3 is 14.9 Å². The highest BCUT2D eigenvalue weighted by atomic mass is 16.5. The van der Waals surface area contributed by atoms with E-state index in [-0.39, 0.29) is 11.8 Å². The number of nitriles is 1. The Morgan fingerprint density at radius 3 is 2.71 bits per heavy atom. The predicted molar refractivity (Wildman–Crippen MR) is 115 cm³/mol. The van der Waals surface area contributed by atoms with Crippen LogP contribution in [0.25, 0.3) is 22.2 Å². The van der Waals surface area contributed by atoms with Crippen LogP contribution in [0.5, 0.6) is 0 Å². The molecule has 1 aliphatic rings. The van der Waals surface area contributed by atoms with Crippen molar-refractivity contribution in [3.8, 4) is 17.2 Å². The number of carbonyl (C=O) groups is 1. The topological polar surface area (TPSA) is 114 Å². The molecule has 1 unspecified atom stereocenters. The molecule has 1 fully saturated rings. The molecule has 8 nitrogen and oxygen atoms in total. The highest BCUT2D eigenvalue weighted by Gasteiger charge is 2.28. The molecule has 1 aromatic heterocycles. The van der Waals surface area contributed by atoms with Gasteiger partial charge in [0, 0.05) is 33.2 Å². The molecule has 160 valence electrons. The number of nitrogens with zero attached hydrogens (tertiary/aromatic N) is 3. The van der Waals surface area contributed by atoms with E-state index in [1.807, 2.05) is 41.3 Å². The molecule has 0 aliphatic carbocycles. The summed E-state index contributed by atoms with van der Waals surface area (Å²) in [6.45, 7) is 1.47. The van der Waals surface area contributed by atoms with E-state index in [1.54, 1.807) is 13.1 Å². The molecule has 2 aromatic carbocycles. The molecular weight excluding hydrogens is 396 g/mol. The second kappa shape index (κ2) is 8.76. The molecule has 2 heterocycles. The van der Waals surface area contributed by atoms with E-state index in [0.717, 1.165) is 28.6 Å². The van der Waals surface area contributed by atoms with Crippen LogP contribution in [0, 0.1) is 11.3 Å². The monoisotopic (exact) mass is 420 g/mol. The standard InChI is InChI=1S/C23H24N4O4/c1-26-19-12-17(7-8-20(19)31-23(26)29)16-5-3-15(4-6-16)11-18(13-24)27-9-2-10-30-21(14-27)22(25)28/h3-8,12,18,21H,2,9-11,14H2,1H3,(H2,25,28)/t18-,21?/m0/s1. The lowest BCUT2D eigenvalue weighted by atomic mass is 10.00. The molecule has 1 saturated heterocycles. The number of rotatable bonds is 5. The molecular formula is C23H24N4O4. The number of benzene rings is 2. The van der Waals surface area contributed by atoms with Crippen LogP contribution >= 0.6 is 0 Å². The molecule has 2 N–H and O–H groups in total. The van der Waals surface area contributed by atoms with Gasteiger partial charge in [-0.3, -0.25) is 14.3 Å². The van der Waals surface area contributed by atoms with Crippen LogP contribution < -0.4 is 11.5 Å². The first-order valence-electron chi connectivity index (χ1n) is 10.2. The van der Waals surface area contributed by atoms with Gasteiger partial charge in [-0.05, 0) is 35.2 Å². The number of aromatic nitrogens is 1. The van der Waals surface area contributed by atoms with Crippen LogP contribution in [-0.4, -0.2) is 47.2 Å². The fourth-order valence-corrected chi connectivity index (χ4v) is 3.92.